The molecule has 2 atom stereocenters. The third-order valence-electron chi connectivity index (χ3n) is 5.33. The van der Waals surface area contributed by atoms with Gasteiger partial charge in [-0.05, 0) is 18.4 Å². The van der Waals surface area contributed by atoms with Gasteiger partial charge in [-0.25, -0.2) is 4.98 Å². The van der Waals surface area contributed by atoms with Gasteiger partial charge in [0.15, 0.2) is 5.43 Å². The maximum atomic E-state index is 12.4. The number of nitriles is 1. The molecule has 0 aromatic carbocycles. The number of carbonyl (C=O) groups excluding carboxylic acids is 1. The van der Waals surface area contributed by atoms with Gasteiger partial charge in [-0.3, -0.25) is 9.59 Å². The standard InChI is InChI=1S/C19H19N5O2/c1-12-4-8-23(17(26)2-6-20)11-15(12)24-9-5-16(25)14-10-22-19-13(18(14)24)3-7-21-19/h3,5,7,9-10,12,15H,2,4,8,11H2,1H3,(H,21,22)/t12-,15+/m1/s1. The fraction of sp³-hybridized carbons (Fsp3) is 0.368. The second-order valence-corrected chi connectivity index (χ2v) is 6.86. The zero-order chi connectivity index (χ0) is 18.3. The lowest BCUT2D eigenvalue weighted by atomic mass is 9.92. The van der Waals surface area contributed by atoms with E-state index in [1.54, 1.807) is 17.2 Å². The van der Waals surface area contributed by atoms with Crippen LogP contribution in [0, 0.1) is 17.2 Å². The predicted octanol–water partition coefficient (Wildman–Crippen LogP) is 2.20. The van der Waals surface area contributed by atoms with Crippen LogP contribution >= 0.6 is 0 Å². The Balaban J connectivity index is 1.86. The molecular weight excluding hydrogens is 330 g/mol. The van der Waals surface area contributed by atoms with Crippen molar-refractivity contribution in [1.29, 1.82) is 5.26 Å². The molecule has 3 aromatic rings. The minimum Gasteiger partial charge on any atom is -0.346 e. The highest BCUT2D eigenvalue weighted by Gasteiger charge is 2.30. The molecule has 0 spiro atoms. The summed E-state index contributed by atoms with van der Waals surface area (Å²) in [6, 6.07) is 5.46. The van der Waals surface area contributed by atoms with Crippen molar-refractivity contribution >= 4 is 27.8 Å². The number of likely N-dealkylation sites (tertiary alicyclic amines) is 1. The van der Waals surface area contributed by atoms with Crippen molar-refractivity contribution in [3.05, 3.63) is 40.9 Å². The number of carbonyl (C=O) groups is 1. The Morgan fingerprint density at radius 1 is 1.42 bits per heavy atom. The Kier molecular flexibility index (Phi) is 3.96. The highest BCUT2D eigenvalue weighted by molar-refractivity contribution is 6.02. The molecule has 1 aliphatic rings. The van der Waals surface area contributed by atoms with Crippen molar-refractivity contribution in [3.63, 3.8) is 0 Å². The highest BCUT2D eigenvalue weighted by atomic mass is 16.2. The van der Waals surface area contributed by atoms with Gasteiger partial charge in [0, 0.05) is 43.1 Å². The van der Waals surface area contributed by atoms with E-state index >= 15 is 0 Å². The Labute approximate surface area is 149 Å². The van der Waals surface area contributed by atoms with Crippen LogP contribution in [0.2, 0.25) is 0 Å². The first-order valence-electron chi connectivity index (χ1n) is 8.72. The van der Waals surface area contributed by atoms with Crippen LogP contribution in [0.5, 0.6) is 0 Å². The monoisotopic (exact) mass is 349 g/mol. The number of hydrogen-bond acceptors (Lipinski definition) is 4. The number of nitrogens with zero attached hydrogens (tertiary/aromatic N) is 4. The van der Waals surface area contributed by atoms with Gasteiger partial charge in [0.05, 0.1) is 23.0 Å². The van der Waals surface area contributed by atoms with Gasteiger partial charge in [0.1, 0.15) is 12.1 Å². The summed E-state index contributed by atoms with van der Waals surface area (Å²) in [7, 11) is 0. The molecule has 0 unspecified atom stereocenters. The SMILES string of the molecule is C[C@@H]1CCN(C(=O)CC#N)C[C@@H]1n1ccc(=O)c2cnc3[nH]ccc3c21. The summed E-state index contributed by atoms with van der Waals surface area (Å²) >= 11 is 0. The number of H-pyrrole nitrogens is 1. The molecule has 0 saturated carbocycles. The van der Waals surface area contributed by atoms with Crippen molar-refractivity contribution < 1.29 is 4.79 Å². The maximum Gasteiger partial charge on any atom is 0.236 e. The Morgan fingerprint density at radius 2 is 2.27 bits per heavy atom. The van der Waals surface area contributed by atoms with Crippen LogP contribution in [-0.4, -0.2) is 38.4 Å². The molecule has 1 saturated heterocycles. The molecule has 1 amide bonds. The van der Waals surface area contributed by atoms with Crippen LogP contribution in [0.1, 0.15) is 25.8 Å². The molecule has 4 rings (SSSR count). The number of fused-ring (bicyclic) bond motifs is 3. The summed E-state index contributed by atoms with van der Waals surface area (Å²) in [5.74, 6) is 0.206. The minimum absolute atomic E-state index is 0.0370. The molecule has 0 bridgehead atoms. The largest absolute Gasteiger partial charge is 0.346 e. The zero-order valence-corrected chi connectivity index (χ0v) is 14.5. The first kappa shape index (κ1) is 16.3. The lowest BCUT2D eigenvalue weighted by Crippen LogP contribution is -2.44. The van der Waals surface area contributed by atoms with Gasteiger partial charge in [-0.15, -0.1) is 0 Å². The lowest BCUT2D eigenvalue weighted by molar-refractivity contribution is -0.132. The first-order valence-corrected chi connectivity index (χ1v) is 8.72. The van der Waals surface area contributed by atoms with Crippen molar-refractivity contribution in [1.82, 2.24) is 19.4 Å². The molecule has 3 aromatic heterocycles. The van der Waals surface area contributed by atoms with Gasteiger partial charge >= 0.3 is 0 Å². The molecule has 1 fully saturated rings. The summed E-state index contributed by atoms with van der Waals surface area (Å²) in [4.78, 5) is 33.7. The molecule has 0 aliphatic carbocycles. The molecular formula is C19H19N5O2. The molecule has 0 radical (unpaired) electrons. The summed E-state index contributed by atoms with van der Waals surface area (Å²) < 4.78 is 2.10. The summed E-state index contributed by atoms with van der Waals surface area (Å²) in [5.41, 5.74) is 1.51. The molecule has 1 N–H and O–H groups in total. The minimum atomic E-state index is -0.136. The number of hydrogen-bond donors (Lipinski definition) is 1. The number of pyridine rings is 2. The zero-order valence-electron chi connectivity index (χ0n) is 14.5. The lowest BCUT2D eigenvalue weighted by Gasteiger charge is -2.38. The van der Waals surface area contributed by atoms with Crippen LogP contribution < -0.4 is 5.43 Å². The molecule has 7 nitrogen and oxygen atoms in total. The molecule has 1 aliphatic heterocycles. The van der Waals surface area contributed by atoms with Crippen LogP contribution in [-0.2, 0) is 4.79 Å². The van der Waals surface area contributed by atoms with E-state index in [0.29, 0.717) is 24.4 Å². The molecule has 7 heteroatoms. The highest BCUT2D eigenvalue weighted by Crippen LogP contribution is 2.32. The normalized spacial score (nSPS) is 20.4. The Morgan fingerprint density at radius 3 is 3.08 bits per heavy atom. The molecule has 132 valence electrons. The molecule has 26 heavy (non-hydrogen) atoms. The Bertz CT molecular complexity index is 1090. The molecule has 4 heterocycles. The van der Waals surface area contributed by atoms with Crippen molar-refractivity contribution in [2.24, 2.45) is 5.92 Å². The second-order valence-electron chi connectivity index (χ2n) is 6.86. The number of rotatable bonds is 2. The van der Waals surface area contributed by atoms with E-state index in [4.69, 9.17) is 5.26 Å². The van der Waals surface area contributed by atoms with Crippen LogP contribution in [0.4, 0.5) is 0 Å². The number of amides is 1. The van der Waals surface area contributed by atoms with E-state index in [0.717, 1.165) is 23.0 Å². The fourth-order valence-electron chi connectivity index (χ4n) is 3.86. The number of nitrogens with one attached hydrogen (secondary N) is 1. The van der Waals surface area contributed by atoms with E-state index < -0.39 is 0 Å². The van der Waals surface area contributed by atoms with Crippen LogP contribution in [0.25, 0.3) is 21.9 Å². The fourth-order valence-corrected chi connectivity index (χ4v) is 3.86. The van der Waals surface area contributed by atoms with Gasteiger partial charge in [0.25, 0.3) is 0 Å². The Hall–Kier alpha value is -3.14. The summed E-state index contributed by atoms with van der Waals surface area (Å²) in [5, 5.41) is 10.3. The number of aromatic amines is 1. The van der Waals surface area contributed by atoms with Gasteiger partial charge < -0.3 is 14.5 Å². The summed E-state index contributed by atoms with van der Waals surface area (Å²) in [6.07, 6.45) is 6.00. The van der Waals surface area contributed by atoms with Crippen molar-refractivity contribution in [2.45, 2.75) is 25.8 Å². The van der Waals surface area contributed by atoms with E-state index in [2.05, 4.69) is 21.5 Å². The third kappa shape index (κ3) is 2.54. The van der Waals surface area contributed by atoms with E-state index in [1.807, 2.05) is 24.5 Å². The average molecular weight is 349 g/mol. The second kappa shape index (κ2) is 6.30. The maximum absolute atomic E-state index is 12.4. The number of piperidine rings is 1. The van der Waals surface area contributed by atoms with Crippen molar-refractivity contribution in [2.75, 3.05) is 13.1 Å². The van der Waals surface area contributed by atoms with Gasteiger partial charge in [-0.1, -0.05) is 6.92 Å². The smallest absolute Gasteiger partial charge is 0.236 e. The third-order valence-corrected chi connectivity index (χ3v) is 5.33. The van der Waals surface area contributed by atoms with Gasteiger partial charge in [-0.2, -0.15) is 5.26 Å². The van der Waals surface area contributed by atoms with E-state index in [-0.39, 0.29) is 23.8 Å². The first-order chi connectivity index (χ1) is 12.6. The van der Waals surface area contributed by atoms with Gasteiger partial charge in [0.2, 0.25) is 5.91 Å². The number of aromatic nitrogens is 3. The van der Waals surface area contributed by atoms with Crippen molar-refractivity contribution in [3.8, 4) is 6.07 Å². The average Bonchev–Trinajstić information content (AvgIpc) is 3.12. The topological polar surface area (TPSA) is 94.8 Å². The van der Waals surface area contributed by atoms with E-state index in [9.17, 15) is 9.59 Å². The van der Waals surface area contributed by atoms with Crippen LogP contribution in [0.3, 0.4) is 0 Å². The van der Waals surface area contributed by atoms with Crippen LogP contribution in [0.15, 0.2) is 35.5 Å². The quantitative estimate of drug-likeness (QED) is 0.767. The predicted molar refractivity (Wildman–Crippen MR) is 97.5 cm³/mol. The van der Waals surface area contributed by atoms with E-state index in [1.165, 1.54) is 0 Å². The summed E-state index contributed by atoms with van der Waals surface area (Å²) in [6.45, 7) is 3.36.